The maximum absolute atomic E-state index is 9.28. The Morgan fingerprint density at radius 3 is 2.72 bits per heavy atom. The van der Waals surface area contributed by atoms with Gasteiger partial charge in [0.1, 0.15) is 6.07 Å². The number of aliphatic hydroxyl groups excluding tert-OH is 1. The van der Waals surface area contributed by atoms with Crippen LogP contribution in [-0.4, -0.2) is 23.5 Å². The molecule has 1 unspecified atom stereocenters. The van der Waals surface area contributed by atoms with Gasteiger partial charge in [-0.3, -0.25) is 0 Å². The summed E-state index contributed by atoms with van der Waals surface area (Å²) in [6.07, 6.45) is 3.52. The number of benzene rings is 1. The van der Waals surface area contributed by atoms with E-state index in [1.807, 2.05) is 24.5 Å². The molecular weight excluding hydrogens is 244 g/mol. The molecule has 0 aliphatic heterocycles. The molecule has 0 bridgehead atoms. The van der Waals surface area contributed by atoms with Crippen molar-refractivity contribution >= 4 is 17.4 Å². The predicted octanol–water partition coefficient (Wildman–Crippen LogP) is 3.24. The highest BCUT2D eigenvalue weighted by Gasteiger charge is 2.22. The molecule has 2 N–H and O–H groups in total. The highest BCUT2D eigenvalue weighted by atomic mass is 32.2. The highest BCUT2D eigenvalue weighted by Crippen LogP contribution is 2.30. The standard InChI is InChI=1S/C14H20N2OS/c1-4-14(2,8-9-17)16-12-6-5-7-13(18-3)11(12)10-15/h5-7,16-17H,4,8-9H2,1-3H3. The Morgan fingerprint density at radius 1 is 1.50 bits per heavy atom. The lowest BCUT2D eigenvalue weighted by Gasteiger charge is -2.31. The molecule has 0 aromatic heterocycles. The van der Waals surface area contributed by atoms with Gasteiger partial charge in [-0.2, -0.15) is 5.26 Å². The summed E-state index contributed by atoms with van der Waals surface area (Å²) < 4.78 is 0. The van der Waals surface area contributed by atoms with E-state index in [0.29, 0.717) is 12.0 Å². The number of aliphatic hydroxyl groups is 1. The van der Waals surface area contributed by atoms with Crippen LogP contribution >= 0.6 is 11.8 Å². The summed E-state index contributed by atoms with van der Waals surface area (Å²) in [6.45, 7) is 4.28. The first-order valence-electron chi connectivity index (χ1n) is 6.06. The largest absolute Gasteiger partial charge is 0.396 e. The third-order valence-corrected chi connectivity index (χ3v) is 4.02. The zero-order valence-electron chi connectivity index (χ0n) is 11.2. The lowest BCUT2D eigenvalue weighted by atomic mass is 9.94. The minimum Gasteiger partial charge on any atom is -0.396 e. The van der Waals surface area contributed by atoms with Crippen molar-refractivity contribution in [2.75, 3.05) is 18.2 Å². The van der Waals surface area contributed by atoms with E-state index in [0.717, 1.165) is 17.0 Å². The first-order chi connectivity index (χ1) is 8.60. The zero-order chi connectivity index (χ0) is 13.6. The number of anilines is 1. The first-order valence-corrected chi connectivity index (χ1v) is 7.29. The van der Waals surface area contributed by atoms with Crippen LogP contribution in [0.2, 0.25) is 0 Å². The molecule has 98 valence electrons. The Hall–Kier alpha value is -1.18. The van der Waals surface area contributed by atoms with Crippen LogP contribution in [0.5, 0.6) is 0 Å². The molecule has 0 amide bonds. The molecule has 0 spiro atoms. The van der Waals surface area contributed by atoms with E-state index >= 15 is 0 Å². The van der Waals surface area contributed by atoms with Gasteiger partial charge in [0.25, 0.3) is 0 Å². The number of nitrogens with zero attached hydrogens (tertiary/aromatic N) is 1. The second-order valence-corrected chi connectivity index (χ2v) is 5.36. The van der Waals surface area contributed by atoms with Crippen molar-refractivity contribution in [1.29, 1.82) is 5.26 Å². The van der Waals surface area contributed by atoms with Gasteiger partial charge < -0.3 is 10.4 Å². The fourth-order valence-electron chi connectivity index (χ4n) is 1.82. The molecule has 0 fully saturated rings. The Morgan fingerprint density at radius 2 is 2.22 bits per heavy atom. The minimum absolute atomic E-state index is 0.140. The number of hydrogen-bond donors (Lipinski definition) is 2. The van der Waals surface area contributed by atoms with Crippen LogP contribution < -0.4 is 5.32 Å². The van der Waals surface area contributed by atoms with Crippen LogP contribution in [0.4, 0.5) is 5.69 Å². The summed E-state index contributed by atoms with van der Waals surface area (Å²) >= 11 is 1.57. The summed E-state index contributed by atoms with van der Waals surface area (Å²) in [4.78, 5) is 0.977. The van der Waals surface area contributed by atoms with E-state index in [1.54, 1.807) is 11.8 Å². The van der Waals surface area contributed by atoms with Crippen molar-refractivity contribution in [2.24, 2.45) is 0 Å². The lowest BCUT2D eigenvalue weighted by molar-refractivity contribution is 0.252. The summed E-state index contributed by atoms with van der Waals surface area (Å²) in [7, 11) is 0. The van der Waals surface area contributed by atoms with Crippen LogP contribution in [0.25, 0.3) is 0 Å². The van der Waals surface area contributed by atoms with Gasteiger partial charge in [-0.05, 0) is 38.2 Å². The fourth-order valence-corrected chi connectivity index (χ4v) is 2.39. The molecule has 18 heavy (non-hydrogen) atoms. The molecular formula is C14H20N2OS. The normalized spacial score (nSPS) is 13.7. The van der Waals surface area contributed by atoms with Crippen molar-refractivity contribution in [3.8, 4) is 6.07 Å². The molecule has 0 aliphatic rings. The molecule has 1 rings (SSSR count). The first kappa shape index (κ1) is 14.9. The second kappa shape index (κ2) is 6.67. The van der Waals surface area contributed by atoms with Crippen LogP contribution in [-0.2, 0) is 0 Å². The number of rotatable bonds is 6. The average Bonchev–Trinajstić information content (AvgIpc) is 2.38. The summed E-state index contributed by atoms with van der Waals surface area (Å²) in [6, 6.07) is 8.07. The van der Waals surface area contributed by atoms with Crippen LogP contribution in [0.3, 0.4) is 0 Å². The van der Waals surface area contributed by atoms with Crippen molar-refractivity contribution in [3.05, 3.63) is 23.8 Å². The van der Waals surface area contributed by atoms with Gasteiger partial charge >= 0.3 is 0 Å². The van der Waals surface area contributed by atoms with E-state index in [4.69, 9.17) is 5.11 Å². The van der Waals surface area contributed by atoms with Crippen molar-refractivity contribution in [3.63, 3.8) is 0 Å². The molecule has 3 nitrogen and oxygen atoms in total. The molecule has 0 saturated heterocycles. The van der Waals surface area contributed by atoms with Gasteiger partial charge in [0.15, 0.2) is 0 Å². The lowest BCUT2D eigenvalue weighted by Crippen LogP contribution is -2.35. The van der Waals surface area contributed by atoms with Crippen LogP contribution in [0, 0.1) is 11.3 Å². The molecule has 4 heteroatoms. The third kappa shape index (κ3) is 3.41. The van der Waals surface area contributed by atoms with Crippen molar-refractivity contribution in [2.45, 2.75) is 37.1 Å². The molecule has 0 radical (unpaired) electrons. The van der Waals surface area contributed by atoms with Crippen LogP contribution in [0.1, 0.15) is 32.3 Å². The van der Waals surface area contributed by atoms with Crippen molar-refractivity contribution in [1.82, 2.24) is 0 Å². The molecule has 0 saturated carbocycles. The maximum atomic E-state index is 9.28. The SMILES string of the molecule is CCC(C)(CCO)Nc1cccc(SC)c1C#N. The van der Waals surface area contributed by atoms with Gasteiger partial charge in [-0.25, -0.2) is 0 Å². The molecule has 0 aliphatic carbocycles. The van der Waals surface area contributed by atoms with E-state index < -0.39 is 0 Å². The molecule has 1 aromatic carbocycles. The third-order valence-electron chi connectivity index (χ3n) is 3.24. The van der Waals surface area contributed by atoms with Gasteiger partial charge in [0.05, 0.1) is 11.3 Å². The number of nitriles is 1. The fraction of sp³-hybridized carbons (Fsp3) is 0.500. The van der Waals surface area contributed by atoms with Crippen molar-refractivity contribution < 1.29 is 5.11 Å². The topological polar surface area (TPSA) is 56.0 Å². The molecule has 1 atom stereocenters. The smallest absolute Gasteiger partial charge is 0.102 e. The number of thioether (sulfide) groups is 1. The quantitative estimate of drug-likeness (QED) is 0.774. The second-order valence-electron chi connectivity index (χ2n) is 4.51. The number of hydrogen-bond acceptors (Lipinski definition) is 4. The Labute approximate surface area is 113 Å². The summed E-state index contributed by atoms with van der Waals surface area (Å²) in [5.74, 6) is 0. The van der Waals surface area contributed by atoms with E-state index in [9.17, 15) is 5.26 Å². The monoisotopic (exact) mass is 264 g/mol. The van der Waals surface area contributed by atoms with Gasteiger partial charge in [-0.15, -0.1) is 11.8 Å². The minimum atomic E-state index is -0.183. The molecule has 1 aromatic rings. The molecule has 0 heterocycles. The van der Waals surface area contributed by atoms with E-state index in [-0.39, 0.29) is 12.1 Å². The van der Waals surface area contributed by atoms with Gasteiger partial charge in [-0.1, -0.05) is 13.0 Å². The average molecular weight is 264 g/mol. The van der Waals surface area contributed by atoms with Crippen LogP contribution in [0.15, 0.2) is 23.1 Å². The van der Waals surface area contributed by atoms with E-state index in [1.165, 1.54) is 0 Å². The highest BCUT2D eigenvalue weighted by molar-refractivity contribution is 7.98. The Balaban J connectivity index is 3.07. The zero-order valence-corrected chi connectivity index (χ0v) is 12.0. The van der Waals surface area contributed by atoms with Gasteiger partial charge in [0, 0.05) is 17.0 Å². The Bertz CT molecular complexity index is 442. The Kier molecular flexibility index (Phi) is 5.52. The summed E-state index contributed by atoms with van der Waals surface area (Å²) in [5.41, 5.74) is 1.35. The number of nitrogens with one attached hydrogen (secondary N) is 1. The van der Waals surface area contributed by atoms with E-state index in [2.05, 4.69) is 25.2 Å². The van der Waals surface area contributed by atoms with Gasteiger partial charge in [0.2, 0.25) is 0 Å². The maximum Gasteiger partial charge on any atom is 0.102 e. The predicted molar refractivity (Wildman–Crippen MR) is 77.0 cm³/mol. The summed E-state index contributed by atoms with van der Waals surface area (Å²) in [5, 5.41) is 21.8.